The third-order valence-corrected chi connectivity index (χ3v) is 4.59. The second kappa shape index (κ2) is 8.81. The van der Waals surface area contributed by atoms with E-state index in [9.17, 15) is 9.59 Å². The molecule has 0 saturated carbocycles. The molecule has 1 N–H and O–H groups in total. The molecule has 3 nitrogen and oxygen atoms in total. The molecule has 24 heavy (non-hydrogen) atoms. The van der Waals surface area contributed by atoms with E-state index < -0.39 is 0 Å². The Labute approximate surface area is 144 Å². The van der Waals surface area contributed by atoms with E-state index in [0.29, 0.717) is 25.0 Å². The predicted molar refractivity (Wildman–Crippen MR) is 99.5 cm³/mol. The summed E-state index contributed by atoms with van der Waals surface area (Å²) < 4.78 is 0. The van der Waals surface area contributed by atoms with Gasteiger partial charge in [0.25, 0.3) is 0 Å². The van der Waals surface area contributed by atoms with Gasteiger partial charge < -0.3 is 9.78 Å². The number of aryl methyl sites for hydroxylation is 3. The number of aromatic nitrogens is 1. The van der Waals surface area contributed by atoms with Crippen LogP contribution < -0.4 is 0 Å². The number of hydrogen-bond donors (Lipinski definition) is 1. The lowest BCUT2D eigenvalue weighted by Crippen LogP contribution is -2.03. The SMILES string of the molecule is CCCCCC(=O)CCc1[nH]c2ccc(C)cc2c1CCC(C)=O. The van der Waals surface area contributed by atoms with Crippen molar-refractivity contribution in [1.82, 2.24) is 4.98 Å². The van der Waals surface area contributed by atoms with Crippen molar-refractivity contribution in [2.75, 3.05) is 0 Å². The molecule has 0 aliphatic carbocycles. The highest BCUT2D eigenvalue weighted by atomic mass is 16.1. The summed E-state index contributed by atoms with van der Waals surface area (Å²) in [5.74, 6) is 0.550. The first kappa shape index (κ1) is 18.4. The summed E-state index contributed by atoms with van der Waals surface area (Å²) in [7, 11) is 0. The molecule has 0 radical (unpaired) electrons. The third kappa shape index (κ3) is 5.05. The number of carbonyl (C=O) groups excluding carboxylic acids is 2. The van der Waals surface area contributed by atoms with Gasteiger partial charge in [-0.15, -0.1) is 0 Å². The minimum Gasteiger partial charge on any atom is -0.358 e. The van der Waals surface area contributed by atoms with Crippen LogP contribution in [0.1, 0.15) is 69.2 Å². The van der Waals surface area contributed by atoms with Crippen LogP contribution in [0.15, 0.2) is 18.2 Å². The molecule has 2 aromatic rings. The fraction of sp³-hybridized carbons (Fsp3) is 0.524. The van der Waals surface area contributed by atoms with E-state index in [-0.39, 0.29) is 5.78 Å². The molecule has 0 aliphatic heterocycles. The predicted octanol–water partition coefficient (Wildman–Crippen LogP) is 5.08. The zero-order valence-corrected chi connectivity index (χ0v) is 15.2. The van der Waals surface area contributed by atoms with Gasteiger partial charge in [0.2, 0.25) is 0 Å². The van der Waals surface area contributed by atoms with E-state index in [2.05, 4.69) is 37.0 Å². The molecule has 2 rings (SSSR count). The Morgan fingerprint density at radius 3 is 2.54 bits per heavy atom. The molecule has 0 atom stereocenters. The van der Waals surface area contributed by atoms with Crippen molar-refractivity contribution >= 4 is 22.5 Å². The maximum atomic E-state index is 12.1. The molecule has 0 fully saturated rings. The lowest BCUT2D eigenvalue weighted by atomic mass is 9.99. The van der Waals surface area contributed by atoms with Gasteiger partial charge in [0.15, 0.2) is 0 Å². The van der Waals surface area contributed by atoms with Crippen LogP contribution in [-0.2, 0) is 22.4 Å². The van der Waals surface area contributed by atoms with Gasteiger partial charge in [-0.1, -0.05) is 31.4 Å². The summed E-state index contributed by atoms with van der Waals surface area (Å²) >= 11 is 0. The number of unbranched alkanes of at least 4 members (excludes halogenated alkanes) is 2. The van der Waals surface area contributed by atoms with Gasteiger partial charge in [-0.05, 0) is 50.8 Å². The zero-order valence-electron chi connectivity index (χ0n) is 15.2. The largest absolute Gasteiger partial charge is 0.358 e. The van der Waals surface area contributed by atoms with Crippen LogP contribution in [0.4, 0.5) is 0 Å². The average molecular weight is 327 g/mol. The van der Waals surface area contributed by atoms with Crippen LogP contribution in [0.3, 0.4) is 0 Å². The molecular weight excluding hydrogens is 298 g/mol. The molecule has 0 aliphatic rings. The van der Waals surface area contributed by atoms with Gasteiger partial charge in [0.1, 0.15) is 11.6 Å². The van der Waals surface area contributed by atoms with Crippen molar-refractivity contribution in [2.24, 2.45) is 0 Å². The number of Topliss-reactive ketones (excluding diaryl/α,β-unsaturated/α-hetero) is 2. The van der Waals surface area contributed by atoms with Crippen LogP contribution >= 0.6 is 0 Å². The topological polar surface area (TPSA) is 49.9 Å². The summed E-state index contributed by atoms with van der Waals surface area (Å²) in [5.41, 5.74) is 4.66. The second-order valence-electron chi connectivity index (χ2n) is 6.83. The molecule has 0 saturated heterocycles. The number of nitrogens with one attached hydrogen (secondary N) is 1. The molecule has 130 valence electrons. The monoisotopic (exact) mass is 327 g/mol. The second-order valence-corrected chi connectivity index (χ2v) is 6.83. The van der Waals surface area contributed by atoms with Crippen molar-refractivity contribution in [3.63, 3.8) is 0 Å². The summed E-state index contributed by atoms with van der Waals surface area (Å²) in [5, 5.41) is 1.20. The number of hydrogen-bond acceptors (Lipinski definition) is 2. The van der Waals surface area contributed by atoms with E-state index in [0.717, 1.165) is 43.3 Å². The maximum Gasteiger partial charge on any atom is 0.133 e. The highest BCUT2D eigenvalue weighted by Crippen LogP contribution is 2.26. The molecule has 3 heteroatoms. The number of ketones is 2. The number of aromatic amines is 1. The highest BCUT2D eigenvalue weighted by molar-refractivity contribution is 5.86. The molecule has 0 spiro atoms. The van der Waals surface area contributed by atoms with E-state index in [4.69, 9.17) is 0 Å². The summed E-state index contributed by atoms with van der Waals surface area (Å²) in [6, 6.07) is 6.36. The van der Waals surface area contributed by atoms with E-state index in [1.807, 2.05) is 0 Å². The minimum atomic E-state index is 0.207. The van der Waals surface area contributed by atoms with E-state index in [1.54, 1.807) is 6.92 Å². The molecule has 1 heterocycles. The van der Waals surface area contributed by atoms with Gasteiger partial charge in [0, 0.05) is 35.9 Å². The zero-order chi connectivity index (χ0) is 17.5. The first-order valence-electron chi connectivity index (χ1n) is 9.12. The van der Waals surface area contributed by atoms with Crippen LogP contribution in [0, 0.1) is 6.92 Å². The number of benzene rings is 1. The van der Waals surface area contributed by atoms with Gasteiger partial charge >= 0.3 is 0 Å². The van der Waals surface area contributed by atoms with Crippen molar-refractivity contribution in [1.29, 1.82) is 0 Å². The van der Waals surface area contributed by atoms with Crippen molar-refractivity contribution in [3.05, 3.63) is 35.0 Å². The minimum absolute atomic E-state index is 0.207. The Morgan fingerprint density at radius 2 is 1.83 bits per heavy atom. The average Bonchev–Trinajstić information content (AvgIpc) is 2.88. The Kier molecular flexibility index (Phi) is 6.77. The van der Waals surface area contributed by atoms with E-state index in [1.165, 1.54) is 16.5 Å². The highest BCUT2D eigenvalue weighted by Gasteiger charge is 2.13. The molecular formula is C21H29NO2. The quantitative estimate of drug-likeness (QED) is 0.619. The van der Waals surface area contributed by atoms with Crippen molar-refractivity contribution in [2.45, 2.75) is 72.1 Å². The first-order chi connectivity index (χ1) is 11.5. The van der Waals surface area contributed by atoms with Crippen LogP contribution in [0.25, 0.3) is 10.9 Å². The molecule has 1 aromatic carbocycles. The molecule has 0 bridgehead atoms. The van der Waals surface area contributed by atoms with Crippen LogP contribution in [0.5, 0.6) is 0 Å². The number of rotatable bonds is 10. The van der Waals surface area contributed by atoms with Crippen LogP contribution in [-0.4, -0.2) is 16.6 Å². The molecule has 0 unspecified atom stereocenters. The van der Waals surface area contributed by atoms with Gasteiger partial charge in [-0.25, -0.2) is 0 Å². The van der Waals surface area contributed by atoms with Gasteiger partial charge in [-0.3, -0.25) is 4.79 Å². The Balaban J connectivity index is 2.13. The lowest BCUT2D eigenvalue weighted by molar-refractivity contribution is -0.119. The Hall–Kier alpha value is -1.90. The fourth-order valence-electron chi connectivity index (χ4n) is 3.18. The number of H-pyrrole nitrogens is 1. The Bertz CT molecular complexity index is 712. The van der Waals surface area contributed by atoms with Gasteiger partial charge in [-0.2, -0.15) is 0 Å². The smallest absolute Gasteiger partial charge is 0.133 e. The summed E-state index contributed by atoms with van der Waals surface area (Å²) in [6.45, 7) is 5.87. The van der Waals surface area contributed by atoms with Crippen molar-refractivity contribution in [3.8, 4) is 0 Å². The first-order valence-corrected chi connectivity index (χ1v) is 9.12. The molecule has 1 aromatic heterocycles. The number of carbonyl (C=O) groups is 2. The standard InChI is InChI=1S/C21H29NO2/c1-4-5-6-7-17(24)10-13-20-18(11-9-16(3)23)19-14-15(2)8-12-21(19)22-20/h8,12,14,22H,4-7,9-11,13H2,1-3H3. The maximum absolute atomic E-state index is 12.1. The summed E-state index contributed by atoms with van der Waals surface area (Å²) in [4.78, 5) is 26.9. The van der Waals surface area contributed by atoms with Crippen molar-refractivity contribution < 1.29 is 9.59 Å². The lowest BCUT2D eigenvalue weighted by Gasteiger charge is -2.05. The van der Waals surface area contributed by atoms with E-state index >= 15 is 0 Å². The third-order valence-electron chi connectivity index (χ3n) is 4.59. The molecule has 0 amide bonds. The van der Waals surface area contributed by atoms with Gasteiger partial charge in [0.05, 0.1) is 0 Å². The normalized spacial score (nSPS) is 11.1. The summed E-state index contributed by atoms with van der Waals surface area (Å²) in [6.07, 6.45) is 6.59. The number of fused-ring (bicyclic) bond motifs is 1. The Morgan fingerprint density at radius 1 is 1.04 bits per heavy atom. The fourth-order valence-corrected chi connectivity index (χ4v) is 3.18. The van der Waals surface area contributed by atoms with Crippen LogP contribution in [0.2, 0.25) is 0 Å².